The zero-order valence-electron chi connectivity index (χ0n) is 10.6. The Labute approximate surface area is 107 Å². The van der Waals surface area contributed by atoms with Gasteiger partial charge in [0.25, 0.3) is 0 Å². The lowest BCUT2D eigenvalue weighted by atomic mass is 9.84. The third kappa shape index (κ3) is 1.81. The van der Waals surface area contributed by atoms with Gasteiger partial charge in [0.2, 0.25) is 5.91 Å². The number of fused-ring (bicyclic) bond motifs is 2. The third-order valence-corrected chi connectivity index (χ3v) is 4.55. The molecule has 2 bridgehead atoms. The fraction of sp³-hybridized carbons (Fsp3) is 0.571. The Morgan fingerprint density at radius 2 is 2.22 bits per heavy atom. The van der Waals surface area contributed by atoms with Crippen molar-refractivity contribution in [2.24, 2.45) is 23.5 Å². The summed E-state index contributed by atoms with van der Waals surface area (Å²) in [5, 5.41) is 2.99. The van der Waals surface area contributed by atoms with E-state index in [1.165, 1.54) is 6.42 Å². The first-order valence-corrected chi connectivity index (χ1v) is 6.65. The van der Waals surface area contributed by atoms with Gasteiger partial charge in [0, 0.05) is 12.2 Å². The standard InChI is InChI=1S/C14H19N3O/c1-8-11(3-2-6-16-8)17-14(18)12-9-4-5-10(7-9)13(12)15/h2-3,6,9-10,12-13H,4-5,7,15H2,1H3,(H,17,18). The normalized spacial score (nSPS) is 33.7. The SMILES string of the molecule is Cc1ncccc1NC(=O)C1C2CCC(C2)C1N. The maximum Gasteiger partial charge on any atom is 0.229 e. The smallest absolute Gasteiger partial charge is 0.229 e. The van der Waals surface area contributed by atoms with E-state index in [4.69, 9.17) is 5.73 Å². The van der Waals surface area contributed by atoms with E-state index in [-0.39, 0.29) is 17.9 Å². The van der Waals surface area contributed by atoms with Gasteiger partial charge < -0.3 is 11.1 Å². The first-order valence-electron chi connectivity index (χ1n) is 6.65. The number of aryl methyl sites for hydroxylation is 1. The summed E-state index contributed by atoms with van der Waals surface area (Å²) in [5.74, 6) is 1.11. The van der Waals surface area contributed by atoms with Gasteiger partial charge in [0.1, 0.15) is 0 Å². The van der Waals surface area contributed by atoms with E-state index in [0.29, 0.717) is 11.8 Å². The van der Waals surface area contributed by atoms with Crippen LogP contribution in [0.15, 0.2) is 18.3 Å². The van der Waals surface area contributed by atoms with Crippen LogP contribution in [0, 0.1) is 24.7 Å². The largest absolute Gasteiger partial charge is 0.327 e. The van der Waals surface area contributed by atoms with E-state index in [1.807, 2.05) is 19.1 Å². The number of rotatable bonds is 2. The van der Waals surface area contributed by atoms with Gasteiger partial charge >= 0.3 is 0 Å². The fourth-order valence-corrected chi connectivity index (χ4v) is 3.56. The third-order valence-electron chi connectivity index (χ3n) is 4.55. The van der Waals surface area contributed by atoms with Gasteiger partial charge in [-0.15, -0.1) is 0 Å². The van der Waals surface area contributed by atoms with Crippen molar-refractivity contribution in [3.63, 3.8) is 0 Å². The second-order valence-electron chi connectivity index (χ2n) is 5.56. The van der Waals surface area contributed by atoms with Crippen molar-refractivity contribution >= 4 is 11.6 Å². The number of carbonyl (C=O) groups excluding carboxylic acids is 1. The maximum atomic E-state index is 12.3. The van der Waals surface area contributed by atoms with Gasteiger partial charge in [-0.3, -0.25) is 9.78 Å². The lowest BCUT2D eigenvalue weighted by Gasteiger charge is -2.27. The molecule has 3 N–H and O–H groups in total. The van der Waals surface area contributed by atoms with Crippen molar-refractivity contribution < 1.29 is 4.79 Å². The summed E-state index contributed by atoms with van der Waals surface area (Å²) in [7, 11) is 0. The monoisotopic (exact) mass is 245 g/mol. The molecule has 2 aliphatic carbocycles. The van der Waals surface area contributed by atoms with E-state index in [9.17, 15) is 4.79 Å². The summed E-state index contributed by atoms with van der Waals surface area (Å²) < 4.78 is 0. The molecular weight excluding hydrogens is 226 g/mol. The van der Waals surface area contributed by atoms with Crippen LogP contribution >= 0.6 is 0 Å². The molecule has 1 heterocycles. The molecule has 2 fully saturated rings. The predicted octanol–water partition coefficient (Wildman–Crippen LogP) is 1.70. The molecule has 0 saturated heterocycles. The Bertz CT molecular complexity index is 472. The number of amides is 1. The lowest BCUT2D eigenvalue weighted by molar-refractivity contribution is -0.121. The van der Waals surface area contributed by atoms with Crippen LogP contribution in [0.2, 0.25) is 0 Å². The van der Waals surface area contributed by atoms with Crippen molar-refractivity contribution in [3.05, 3.63) is 24.0 Å². The molecule has 4 unspecified atom stereocenters. The number of hydrogen-bond acceptors (Lipinski definition) is 3. The van der Waals surface area contributed by atoms with E-state index in [1.54, 1.807) is 6.20 Å². The number of hydrogen-bond donors (Lipinski definition) is 2. The Hall–Kier alpha value is -1.42. The Balaban J connectivity index is 1.74. The molecule has 18 heavy (non-hydrogen) atoms. The molecule has 4 nitrogen and oxygen atoms in total. The topological polar surface area (TPSA) is 68.0 Å². The van der Waals surface area contributed by atoms with Crippen LogP contribution in [-0.4, -0.2) is 16.9 Å². The molecule has 2 saturated carbocycles. The molecular formula is C14H19N3O. The Kier molecular flexibility index (Phi) is 2.82. The molecule has 3 rings (SSSR count). The van der Waals surface area contributed by atoms with Crippen molar-refractivity contribution in [1.82, 2.24) is 4.98 Å². The average molecular weight is 245 g/mol. The molecule has 0 spiro atoms. The number of nitrogens with two attached hydrogens (primary N) is 1. The van der Waals surface area contributed by atoms with Crippen molar-refractivity contribution in [1.29, 1.82) is 0 Å². The van der Waals surface area contributed by atoms with Crippen LogP contribution in [0.1, 0.15) is 25.0 Å². The van der Waals surface area contributed by atoms with Gasteiger partial charge in [0.05, 0.1) is 17.3 Å². The van der Waals surface area contributed by atoms with Crippen LogP contribution in [0.4, 0.5) is 5.69 Å². The lowest BCUT2D eigenvalue weighted by Crippen LogP contribution is -2.42. The first kappa shape index (κ1) is 11.7. The highest BCUT2D eigenvalue weighted by Gasteiger charge is 2.49. The number of anilines is 1. The van der Waals surface area contributed by atoms with Crippen LogP contribution in [0.25, 0.3) is 0 Å². The summed E-state index contributed by atoms with van der Waals surface area (Å²) in [4.78, 5) is 16.5. The highest BCUT2D eigenvalue weighted by atomic mass is 16.2. The summed E-state index contributed by atoms with van der Waals surface area (Å²) in [6, 6.07) is 3.77. The number of nitrogens with one attached hydrogen (secondary N) is 1. The van der Waals surface area contributed by atoms with Crippen LogP contribution in [-0.2, 0) is 4.79 Å². The summed E-state index contributed by atoms with van der Waals surface area (Å²) in [6.07, 6.45) is 5.21. The van der Waals surface area contributed by atoms with Crippen LogP contribution < -0.4 is 11.1 Å². The van der Waals surface area contributed by atoms with Crippen molar-refractivity contribution in [2.45, 2.75) is 32.2 Å². The Morgan fingerprint density at radius 1 is 1.44 bits per heavy atom. The Morgan fingerprint density at radius 3 is 2.89 bits per heavy atom. The highest BCUT2D eigenvalue weighted by molar-refractivity contribution is 5.94. The zero-order valence-corrected chi connectivity index (χ0v) is 10.6. The minimum Gasteiger partial charge on any atom is -0.327 e. The molecule has 2 aliphatic rings. The van der Waals surface area contributed by atoms with Gasteiger partial charge in [0.15, 0.2) is 0 Å². The molecule has 1 aromatic heterocycles. The van der Waals surface area contributed by atoms with E-state index >= 15 is 0 Å². The molecule has 0 aromatic carbocycles. The number of pyridine rings is 1. The van der Waals surface area contributed by atoms with Crippen LogP contribution in [0.3, 0.4) is 0 Å². The predicted molar refractivity (Wildman–Crippen MR) is 69.9 cm³/mol. The van der Waals surface area contributed by atoms with Gasteiger partial charge in [-0.1, -0.05) is 0 Å². The summed E-state index contributed by atoms with van der Waals surface area (Å²) >= 11 is 0. The molecule has 0 radical (unpaired) electrons. The summed E-state index contributed by atoms with van der Waals surface area (Å²) in [6.45, 7) is 1.90. The molecule has 4 heteroatoms. The molecule has 4 atom stereocenters. The fourth-order valence-electron chi connectivity index (χ4n) is 3.56. The maximum absolute atomic E-state index is 12.3. The quantitative estimate of drug-likeness (QED) is 0.833. The average Bonchev–Trinajstić information content (AvgIpc) is 2.92. The molecule has 1 aromatic rings. The number of aromatic nitrogens is 1. The van der Waals surface area contributed by atoms with E-state index < -0.39 is 0 Å². The van der Waals surface area contributed by atoms with Crippen molar-refractivity contribution in [3.8, 4) is 0 Å². The summed E-state index contributed by atoms with van der Waals surface area (Å²) in [5.41, 5.74) is 7.83. The van der Waals surface area contributed by atoms with Gasteiger partial charge in [-0.2, -0.15) is 0 Å². The van der Waals surface area contributed by atoms with Gasteiger partial charge in [-0.25, -0.2) is 0 Å². The first-order chi connectivity index (χ1) is 8.66. The van der Waals surface area contributed by atoms with E-state index in [2.05, 4.69) is 10.3 Å². The van der Waals surface area contributed by atoms with Crippen molar-refractivity contribution in [2.75, 3.05) is 5.32 Å². The van der Waals surface area contributed by atoms with Crippen LogP contribution in [0.5, 0.6) is 0 Å². The molecule has 0 aliphatic heterocycles. The molecule has 96 valence electrons. The van der Waals surface area contributed by atoms with Gasteiger partial charge in [-0.05, 0) is 50.2 Å². The highest BCUT2D eigenvalue weighted by Crippen LogP contribution is 2.47. The molecule has 1 amide bonds. The zero-order chi connectivity index (χ0) is 12.7. The second-order valence-corrected chi connectivity index (χ2v) is 5.56. The minimum atomic E-state index is -0.0108. The van der Waals surface area contributed by atoms with E-state index in [0.717, 1.165) is 24.2 Å². The number of carbonyl (C=O) groups is 1. The number of nitrogens with zero attached hydrogens (tertiary/aromatic N) is 1. The minimum absolute atomic E-state index is 0.0108. The second kappa shape index (κ2) is 4.35.